The number of rotatable bonds is 6. The molecule has 1 aromatic carbocycles. The summed E-state index contributed by atoms with van der Waals surface area (Å²) >= 11 is 0. The Morgan fingerprint density at radius 3 is 2.77 bits per heavy atom. The monoisotopic (exact) mass is 413 g/mol. The lowest BCUT2D eigenvalue weighted by Gasteiger charge is -2.12. The Morgan fingerprint density at radius 1 is 1.16 bits per heavy atom. The van der Waals surface area contributed by atoms with Crippen LogP contribution in [0.3, 0.4) is 0 Å². The van der Waals surface area contributed by atoms with E-state index in [1.807, 2.05) is 53.2 Å². The molecule has 1 N–H and O–H groups in total. The Kier molecular flexibility index (Phi) is 5.41. The quantitative estimate of drug-likeness (QED) is 0.524. The molecule has 4 heterocycles. The summed E-state index contributed by atoms with van der Waals surface area (Å²) in [5.74, 6) is -0.136. The summed E-state index contributed by atoms with van der Waals surface area (Å²) < 4.78 is 7.47. The Morgan fingerprint density at radius 2 is 2.00 bits per heavy atom. The van der Waals surface area contributed by atoms with Gasteiger partial charge in [0.25, 0.3) is 5.91 Å². The number of carbonyl (C=O) groups is 1. The van der Waals surface area contributed by atoms with Crippen LogP contribution in [0.5, 0.6) is 0 Å². The fourth-order valence-corrected chi connectivity index (χ4v) is 3.88. The van der Waals surface area contributed by atoms with E-state index in [1.165, 1.54) is 0 Å². The van der Waals surface area contributed by atoms with Gasteiger partial charge in [0.2, 0.25) is 0 Å². The van der Waals surface area contributed by atoms with Gasteiger partial charge in [-0.3, -0.25) is 9.78 Å². The number of ether oxygens (including phenoxy) is 1. The molecule has 1 fully saturated rings. The summed E-state index contributed by atoms with van der Waals surface area (Å²) in [6.07, 6.45) is 7.34. The Bertz CT molecular complexity index is 1180. The normalized spacial score (nSPS) is 15.9. The summed E-state index contributed by atoms with van der Waals surface area (Å²) in [5, 5.41) is 8.30. The van der Waals surface area contributed by atoms with Crippen molar-refractivity contribution in [3.63, 3.8) is 0 Å². The third-order valence-electron chi connectivity index (χ3n) is 5.52. The van der Waals surface area contributed by atoms with Crippen molar-refractivity contribution in [2.45, 2.75) is 25.5 Å². The van der Waals surface area contributed by atoms with Crippen LogP contribution in [-0.4, -0.2) is 44.9 Å². The molecule has 0 saturated carbocycles. The SMILES string of the molecule is O=C(NCC1CCCO1)c1cc(-c2ccccc2)nc2c1cnn2Cc1ccncc1. The van der Waals surface area contributed by atoms with E-state index in [9.17, 15) is 4.79 Å². The van der Waals surface area contributed by atoms with E-state index in [-0.39, 0.29) is 12.0 Å². The van der Waals surface area contributed by atoms with Gasteiger partial charge in [0, 0.05) is 31.1 Å². The summed E-state index contributed by atoms with van der Waals surface area (Å²) in [6, 6.07) is 15.6. The second-order valence-corrected chi connectivity index (χ2v) is 7.66. The third-order valence-corrected chi connectivity index (χ3v) is 5.52. The first-order valence-corrected chi connectivity index (χ1v) is 10.5. The van der Waals surface area contributed by atoms with E-state index in [4.69, 9.17) is 9.72 Å². The lowest BCUT2D eigenvalue weighted by molar-refractivity contribution is 0.0859. The molecule has 7 nitrogen and oxygen atoms in total. The van der Waals surface area contributed by atoms with Crippen LogP contribution in [0.1, 0.15) is 28.8 Å². The molecule has 1 atom stereocenters. The molecule has 0 bridgehead atoms. The van der Waals surface area contributed by atoms with Gasteiger partial charge in [-0.25, -0.2) is 9.67 Å². The van der Waals surface area contributed by atoms with Crippen LogP contribution in [0, 0.1) is 0 Å². The van der Waals surface area contributed by atoms with Crippen molar-refractivity contribution < 1.29 is 9.53 Å². The van der Waals surface area contributed by atoms with Crippen molar-refractivity contribution in [2.24, 2.45) is 0 Å². The molecule has 31 heavy (non-hydrogen) atoms. The van der Waals surface area contributed by atoms with Crippen molar-refractivity contribution in [1.82, 2.24) is 25.1 Å². The van der Waals surface area contributed by atoms with Gasteiger partial charge in [0.15, 0.2) is 5.65 Å². The Labute approximate surface area is 180 Å². The van der Waals surface area contributed by atoms with Gasteiger partial charge < -0.3 is 10.1 Å². The molecule has 0 radical (unpaired) electrons. The first-order valence-electron chi connectivity index (χ1n) is 10.5. The lowest BCUT2D eigenvalue weighted by Crippen LogP contribution is -2.31. The molecule has 1 aliphatic heterocycles. The molecule has 3 aromatic heterocycles. The largest absolute Gasteiger partial charge is 0.376 e. The average molecular weight is 413 g/mol. The van der Waals surface area contributed by atoms with Crippen LogP contribution in [-0.2, 0) is 11.3 Å². The van der Waals surface area contributed by atoms with Crippen LogP contribution in [0.25, 0.3) is 22.3 Å². The topological polar surface area (TPSA) is 81.9 Å². The minimum absolute atomic E-state index is 0.0873. The minimum Gasteiger partial charge on any atom is -0.376 e. The molecule has 0 spiro atoms. The van der Waals surface area contributed by atoms with Gasteiger partial charge in [-0.05, 0) is 36.6 Å². The highest BCUT2D eigenvalue weighted by Gasteiger charge is 2.20. The molecular formula is C24H23N5O2. The Balaban J connectivity index is 1.53. The zero-order valence-corrected chi connectivity index (χ0v) is 17.1. The van der Waals surface area contributed by atoms with Gasteiger partial charge >= 0.3 is 0 Å². The molecule has 156 valence electrons. The molecule has 5 rings (SSSR count). The van der Waals surface area contributed by atoms with E-state index < -0.39 is 0 Å². The number of hydrogen-bond acceptors (Lipinski definition) is 5. The second kappa shape index (κ2) is 8.65. The molecule has 7 heteroatoms. The second-order valence-electron chi connectivity index (χ2n) is 7.66. The molecule has 1 amide bonds. The predicted molar refractivity (Wildman–Crippen MR) is 118 cm³/mol. The standard InChI is InChI=1S/C24H23N5O2/c30-24(26-14-19-7-4-12-31-19)20-13-22(18-5-2-1-3-6-18)28-23-21(20)15-27-29(23)16-17-8-10-25-11-9-17/h1-3,5-6,8-11,13,15,19H,4,7,12,14,16H2,(H,26,30). The van der Waals surface area contributed by atoms with Gasteiger partial charge in [-0.2, -0.15) is 5.10 Å². The number of fused-ring (bicyclic) bond motifs is 1. The maximum atomic E-state index is 13.1. The van der Waals surface area contributed by atoms with Crippen LogP contribution in [0.2, 0.25) is 0 Å². The minimum atomic E-state index is -0.136. The fraction of sp³-hybridized carbons (Fsp3) is 0.250. The molecular weight excluding hydrogens is 390 g/mol. The Hall–Kier alpha value is -3.58. The number of nitrogens with zero attached hydrogens (tertiary/aromatic N) is 4. The maximum Gasteiger partial charge on any atom is 0.252 e. The van der Waals surface area contributed by atoms with Crippen LogP contribution >= 0.6 is 0 Å². The van der Waals surface area contributed by atoms with Crippen molar-refractivity contribution in [2.75, 3.05) is 13.2 Å². The number of carbonyl (C=O) groups excluding carboxylic acids is 1. The van der Waals surface area contributed by atoms with Gasteiger partial charge in [0.05, 0.1) is 35.5 Å². The maximum absolute atomic E-state index is 13.1. The molecule has 1 aliphatic rings. The van der Waals surface area contributed by atoms with E-state index in [1.54, 1.807) is 18.6 Å². The molecule has 1 unspecified atom stereocenters. The van der Waals surface area contributed by atoms with Gasteiger partial charge in [-0.15, -0.1) is 0 Å². The zero-order chi connectivity index (χ0) is 21.0. The zero-order valence-electron chi connectivity index (χ0n) is 17.1. The summed E-state index contributed by atoms with van der Waals surface area (Å²) in [5.41, 5.74) is 4.01. The number of aromatic nitrogens is 4. The number of hydrogen-bond donors (Lipinski definition) is 1. The first-order chi connectivity index (χ1) is 15.3. The first kappa shape index (κ1) is 19.4. The molecule has 1 saturated heterocycles. The lowest BCUT2D eigenvalue weighted by atomic mass is 10.1. The van der Waals surface area contributed by atoms with Gasteiger partial charge in [-0.1, -0.05) is 30.3 Å². The number of benzene rings is 1. The van der Waals surface area contributed by atoms with E-state index in [0.29, 0.717) is 24.3 Å². The van der Waals surface area contributed by atoms with E-state index in [2.05, 4.69) is 15.4 Å². The summed E-state index contributed by atoms with van der Waals surface area (Å²) in [7, 11) is 0. The highest BCUT2D eigenvalue weighted by atomic mass is 16.5. The van der Waals surface area contributed by atoms with Crippen molar-refractivity contribution in [1.29, 1.82) is 0 Å². The third kappa shape index (κ3) is 4.18. The fourth-order valence-electron chi connectivity index (χ4n) is 3.88. The van der Waals surface area contributed by atoms with Crippen molar-refractivity contribution in [3.8, 4) is 11.3 Å². The number of nitrogens with one attached hydrogen (secondary N) is 1. The average Bonchev–Trinajstić information content (AvgIpc) is 3.48. The smallest absolute Gasteiger partial charge is 0.252 e. The van der Waals surface area contributed by atoms with E-state index in [0.717, 1.165) is 41.7 Å². The summed E-state index contributed by atoms with van der Waals surface area (Å²) in [4.78, 5) is 22.1. The summed E-state index contributed by atoms with van der Waals surface area (Å²) in [6.45, 7) is 1.82. The van der Waals surface area contributed by atoms with Gasteiger partial charge in [0.1, 0.15) is 0 Å². The predicted octanol–water partition coefficient (Wildman–Crippen LogP) is 3.45. The molecule has 4 aromatic rings. The van der Waals surface area contributed by atoms with Crippen molar-refractivity contribution >= 4 is 16.9 Å². The highest BCUT2D eigenvalue weighted by Crippen LogP contribution is 2.25. The van der Waals surface area contributed by atoms with Crippen LogP contribution in [0.15, 0.2) is 67.1 Å². The van der Waals surface area contributed by atoms with Crippen LogP contribution in [0.4, 0.5) is 0 Å². The number of pyridine rings is 2. The highest BCUT2D eigenvalue weighted by molar-refractivity contribution is 6.06. The van der Waals surface area contributed by atoms with E-state index >= 15 is 0 Å². The molecule has 0 aliphatic carbocycles. The van der Waals surface area contributed by atoms with Crippen LogP contribution < -0.4 is 5.32 Å². The number of amides is 1. The van der Waals surface area contributed by atoms with Crippen molar-refractivity contribution in [3.05, 3.63) is 78.2 Å².